The average Bonchev–Trinajstić information content (AvgIpc) is 3.02. The molecule has 1 saturated carbocycles. The fraction of sp³-hybridized carbons (Fsp3) is 0.917. The predicted molar refractivity (Wildman–Crippen MR) is 66.5 cm³/mol. The van der Waals surface area contributed by atoms with E-state index in [1.54, 1.807) is 0 Å². The molecule has 0 bridgehead atoms. The van der Waals surface area contributed by atoms with Crippen molar-refractivity contribution in [3.05, 3.63) is 0 Å². The van der Waals surface area contributed by atoms with Gasteiger partial charge in [-0.1, -0.05) is 6.92 Å². The van der Waals surface area contributed by atoms with Crippen LogP contribution in [0, 0.1) is 11.3 Å². The summed E-state index contributed by atoms with van der Waals surface area (Å²) in [5.41, 5.74) is 0.208. The lowest BCUT2D eigenvalue weighted by atomic mass is 9.95. The smallest absolute Gasteiger partial charge is 0.223 e. The summed E-state index contributed by atoms with van der Waals surface area (Å²) in [6, 6.07) is 0. The Morgan fingerprint density at radius 2 is 2.25 bits per heavy atom. The molecule has 1 N–H and O–H groups in total. The summed E-state index contributed by atoms with van der Waals surface area (Å²) < 4.78 is 0. The normalized spacial score (nSPS) is 32.6. The first-order chi connectivity index (χ1) is 7.56. The van der Waals surface area contributed by atoms with Crippen molar-refractivity contribution in [3.63, 3.8) is 0 Å². The highest BCUT2D eigenvalue weighted by Gasteiger charge is 2.44. The molecule has 92 valence electrons. The van der Waals surface area contributed by atoms with E-state index in [0.29, 0.717) is 19.5 Å². The minimum Gasteiger partial charge on any atom is -0.393 e. The van der Waals surface area contributed by atoms with Gasteiger partial charge < -0.3 is 10.0 Å². The van der Waals surface area contributed by atoms with Crippen LogP contribution in [0.3, 0.4) is 0 Å². The molecule has 1 saturated heterocycles. The van der Waals surface area contributed by atoms with Crippen molar-refractivity contribution in [2.75, 3.05) is 18.8 Å². The van der Waals surface area contributed by atoms with Gasteiger partial charge in [0.1, 0.15) is 0 Å². The van der Waals surface area contributed by atoms with E-state index in [-0.39, 0.29) is 23.3 Å². The summed E-state index contributed by atoms with van der Waals surface area (Å²) in [7, 11) is 0. The van der Waals surface area contributed by atoms with Gasteiger partial charge in [-0.2, -0.15) is 12.6 Å². The van der Waals surface area contributed by atoms with E-state index in [1.165, 1.54) is 0 Å². The van der Waals surface area contributed by atoms with Crippen molar-refractivity contribution in [1.29, 1.82) is 0 Å². The molecule has 1 amide bonds. The molecule has 2 atom stereocenters. The number of amides is 1. The number of thiol groups is 1. The summed E-state index contributed by atoms with van der Waals surface area (Å²) in [4.78, 5) is 14.0. The fourth-order valence-corrected chi connectivity index (χ4v) is 2.79. The number of carbonyl (C=O) groups excluding carboxylic acids is 1. The van der Waals surface area contributed by atoms with Gasteiger partial charge in [0.05, 0.1) is 6.10 Å². The molecule has 3 nitrogen and oxygen atoms in total. The lowest BCUT2D eigenvalue weighted by molar-refractivity contribution is -0.135. The van der Waals surface area contributed by atoms with Gasteiger partial charge in [-0.15, -0.1) is 0 Å². The molecule has 1 aliphatic heterocycles. The average molecular weight is 243 g/mol. The van der Waals surface area contributed by atoms with Crippen molar-refractivity contribution in [3.8, 4) is 0 Å². The van der Waals surface area contributed by atoms with Crippen molar-refractivity contribution in [1.82, 2.24) is 4.90 Å². The molecular weight excluding hydrogens is 222 g/mol. The molecule has 0 spiro atoms. The van der Waals surface area contributed by atoms with Crippen LogP contribution < -0.4 is 0 Å². The number of nitrogens with zero attached hydrogens (tertiary/aromatic N) is 1. The first-order valence-corrected chi connectivity index (χ1v) is 6.76. The second kappa shape index (κ2) is 4.57. The maximum Gasteiger partial charge on any atom is 0.223 e. The van der Waals surface area contributed by atoms with Crippen LogP contribution in [-0.4, -0.2) is 40.9 Å². The second-order valence-electron chi connectivity index (χ2n) is 5.51. The minimum atomic E-state index is -0.233. The summed E-state index contributed by atoms with van der Waals surface area (Å²) in [5.74, 6) is 1.29. The van der Waals surface area contributed by atoms with Crippen molar-refractivity contribution >= 4 is 18.5 Å². The van der Waals surface area contributed by atoms with Gasteiger partial charge in [-0.25, -0.2) is 0 Å². The van der Waals surface area contributed by atoms with Crippen LogP contribution in [0.15, 0.2) is 0 Å². The molecule has 16 heavy (non-hydrogen) atoms. The Morgan fingerprint density at radius 1 is 1.56 bits per heavy atom. The number of likely N-dealkylation sites (tertiary alicyclic amines) is 1. The quantitative estimate of drug-likeness (QED) is 0.734. The van der Waals surface area contributed by atoms with E-state index in [2.05, 4.69) is 12.6 Å². The monoisotopic (exact) mass is 243 g/mol. The Hall–Kier alpha value is -0.220. The Balaban J connectivity index is 1.86. The van der Waals surface area contributed by atoms with Crippen LogP contribution in [0.1, 0.15) is 32.6 Å². The molecule has 2 rings (SSSR count). The topological polar surface area (TPSA) is 40.5 Å². The van der Waals surface area contributed by atoms with Gasteiger partial charge in [0, 0.05) is 19.5 Å². The number of aliphatic hydroxyl groups excluding tert-OH is 1. The highest BCUT2D eigenvalue weighted by atomic mass is 32.1. The van der Waals surface area contributed by atoms with Crippen molar-refractivity contribution in [2.45, 2.75) is 38.7 Å². The molecule has 2 unspecified atom stereocenters. The Kier molecular flexibility index (Phi) is 3.50. The number of carbonyl (C=O) groups is 1. The highest BCUT2D eigenvalue weighted by Crippen LogP contribution is 2.49. The standard InChI is InChI=1S/C12H21NO2S/c1-9-7-13(5-2-10(9)14)11(15)6-12(8-16)3-4-12/h9-10,14,16H,2-8H2,1H3. The zero-order chi connectivity index (χ0) is 11.8. The van der Waals surface area contributed by atoms with Gasteiger partial charge in [0.15, 0.2) is 0 Å². The second-order valence-corrected chi connectivity index (χ2v) is 5.82. The molecule has 1 aliphatic carbocycles. The molecule has 1 heterocycles. The minimum absolute atomic E-state index is 0.208. The molecule has 2 fully saturated rings. The summed E-state index contributed by atoms with van der Waals surface area (Å²) in [6.07, 6.45) is 3.44. The number of aliphatic hydroxyl groups is 1. The molecular formula is C12H21NO2S. The van der Waals surface area contributed by atoms with Gasteiger partial charge in [0.25, 0.3) is 0 Å². The molecule has 2 aliphatic rings. The van der Waals surface area contributed by atoms with E-state index in [4.69, 9.17) is 0 Å². The van der Waals surface area contributed by atoms with Crippen LogP contribution in [0.2, 0.25) is 0 Å². The SMILES string of the molecule is CC1CN(C(=O)CC2(CS)CC2)CCC1O. The molecule has 4 heteroatoms. The van der Waals surface area contributed by atoms with Crippen molar-refractivity contribution in [2.24, 2.45) is 11.3 Å². The van der Waals surface area contributed by atoms with E-state index in [1.807, 2.05) is 11.8 Å². The number of hydrogen-bond donors (Lipinski definition) is 2. The maximum absolute atomic E-state index is 12.1. The van der Waals surface area contributed by atoms with E-state index in [0.717, 1.165) is 25.0 Å². The van der Waals surface area contributed by atoms with Crippen LogP contribution in [0.25, 0.3) is 0 Å². The lowest BCUT2D eigenvalue weighted by Crippen LogP contribution is -2.45. The number of piperidine rings is 1. The van der Waals surface area contributed by atoms with Gasteiger partial charge in [0.2, 0.25) is 5.91 Å². The van der Waals surface area contributed by atoms with Crippen LogP contribution in [0.5, 0.6) is 0 Å². The van der Waals surface area contributed by atoms with Crippen molar-refractivity contribution < 1.29 is 9.90 Å². The first kappa shape index (κ1) is 12.2. The fourth-order valence-electron chi connectivity index (χ4n) is 2.36. The van der Waals surface area contributed by atoms with Gasteiger partial charge in [-0.3, -0.25) is 4.79 Å². The molecule has 0 aromatic heterocycles. The third kappa shape index (κ3) is 2.54. The highest BCUT2D eigenvalue weighted by molar-refractivity contribution is 7.80. The van der Waals surface area contributed by atoms with Gasteiger partial charge >= 0.3 is 0 Å². The van der Waals surface area contributed by atoms with E-state index < -0.39 is 0 Å². The van der Waals surface area contributed by atoms with Crippen LogP contribution >= 0.6 is 12.6 Å². The zero-order valence-corrected chi connectivity index (χ0v) is 10.7. The summed E-state index contributed by atoms with van der Waals surface area (Å²) in [5, 5.41) is 9.62. The molecule has 0 aromatic rings. The third-order valence-corrected chi connectivity index (χ3v) is 4.70. The summed E-state index contributed by atoms with van der Waals surface area (Å²) >= 11 is 4.32. The predicted octanol–water partition coefficient (Wildman–Crippen LogP) is 1.32. The Bertz CT molecular complexity index is 278. The van der Waals surface area contributed by atoms with Crippen LogP contribution in [0.4, 0.5) is 0 Å². The van der Waals surface area contributed by atoms with E-state index >= 15 is 0 Å². The van der Waals surface area contributed by atoms with Crippen LogP contribution in [-0.2, 0) is 4.79 Å². The largest absolute Gasteiger partial charge is 0.393 e. The maximum atomic E-state index is 12.1. The Morgan fingerprint density at radius 3 is 2.75 bits per heavy atom. The number of hydrogen-bond acceptors (Lipinski definition) is 3. The Labute approximate surface area is 103 Å². The molecule has 0 radical (unpaired) electrons. The first-order valence-electron chi connectivity index (χ1n) is 6.13. The third-order valence-electron chi connectivity index (χ3n) is 4.03. The zero-order valence-electron chi connectivity index (χ0n) is 9.85. The van der Waals surface area contributed by atoms with E-state index in [9.17, 15) is 9.90 Å². The molecule has 0 aromatic carbocycles. The lowest BCUT2D eigenvalue weighted by Gasteiger charge is -2.35. The van der Waals surface area contributed by atoms with Gasteiger partial charge in [-0.05, 0) is 36.3 Å². The number of rotatable bonds is 3. The summed E-state index contributed by atoms with van der Waals surface area (Å²) in [6.45, 7) is 3.44.